The van der Waals surface area contributed by atoms with E-state index in [9.17, 15) is 18.0 Å². The lowest BCUT2D eigenvalue weighted by Gasteiger charge is -2.32. The van der Waals surface area contributed by atoms with E-state index < -0.39 is 24.2 Å². The molecule has 1 aromatic carbocycles. The highest BCUT2D eigenvalue weighted by molar-refractivity contribution is 6.31. The predicted octanol–water partition coefficient (Wildman–Crippen LogP) is 5.20. The molecule has 0 unspecified atom stereocenters. The first-order chi connectivity index (χ1) is 15.3. The standard InChI is InChI=1S/C21H17ClF3N5O2/c22-12-3-4-15-11(6-12)7-13(28-15)9-26-20(31)14-10-27-30-18(21(23,24)25)8-16(29-19(14)30)17-2-1-5-32-17/h1-7,10,16,18,28-29H,8-9H2,(H,26,31)/t16-,18-/m0/s1. The number of fused-ring (bicyclic) bond motifs is 2. The van der Waals surface area contributed by atoms with Gasteiger partial charge in [0.2, 0.25) is 0 Å². The zero-order valence-electron chi connectivity index (χ0n) is 16.4. The smallest absolute Gasteiger partial charge is 0.410 e. The van der Waals surface area contributed by atoms with Gasteiger partial charge in [-0.1, -0.05) is 11.6 Å². The van der Waals surface area contributed by atoms with E-state index in [0.29, 0.717) is 10.8 Å². The largest absolute Gasteiger partial charge is 0.467 e. The van der Waals surface area contributed by atoms with E-state index in [2.05, 4.69) is 20.7 Å². The van der Waals surface area contributed by atoms with Crippen molar-refractivity contribution >= 4 is 34.2 Å². The lowest BCUT2D eigenvalue weighted by atomic mass is 10.0. The number of H-pyrrole nitrogens is 1. The van der Waals surface area contributed by atoms with Crippen LogP contribution >= 0.6 is 11.6 Å². The number of hydrogen-bond acceptors (Lipinski definition) is 4. The molecule has 11 heteroatoms. The van der Waals surface area contributed by atoms with E-state index >= 15 is 0 Å². The van der Waals surface area contributed by atoms with Gasteiger partial charge in [-0.3, -0.25) is 4.79 Å². The second kappa shape index (κ2) is 7.63. The Balaban J connectivity index is 1.39. The number of amides is 1. The van der Waals surface area contributed by atoms with Crippen molar-refractivity contribution in [1.82, 2.24) is 20.1 Å². The van der Waals surface area contributed by atoms with Gasteiger partial charge in [-0.15, -0.1) is 0 Å². The Hall–Kier alpha value is -3.40. The first-order valence-corrected chi connectivity index (χ1v) is 10.2. The monoisotopic (exact) mass is 463 g/mol. The van der Waals surface area contributed by atoms with Crippen LogP contribution in [0.15, 0.2) is 53.3 Å². The van der Waals surface area contributed by atoms with E-state index in [1.54, 1.807) is 24.3 Å². The van der Waals surface area contributed by atoms with Crippen LogP contribution in [0, 0.1) is 0 Å². The third-order valence-corrected chi connectivity index (χ3v) is 5.68. The topological polar surface area (TPSA) is 87.9 Å². The van der Waals surface area contributed by atoms with Crippen LogP contribution in [0.3, 0.4) is 0 Å². The Morgan fingerprint density at radius 1 is 1.31 bits per heavy atom. The predicted molar refractivity (Wildman–Crippen MR) is 111 cm³/mol. The molecule has 1 aliphatic heterocycles. The Labute approximate surface area is 184 Å². The van der Waals surface area contributed by atoms with Crippen LogP contribution in [0.5, 0.6) is 0 Å². The van der Waals surface area contributed by atoms with Crippen molar-refractivity contribution in [3.63, 3.8) is 0 Å². The lowest BCUT2D eigenvalue weighted by molar-refractivity contribution is -0.174. The molecular formula is C21H17ClF3N5O2. The van der Waals surface area contributed by atoms with E-state index in [-0.39, 0.29) is 24.3 Å². The Morgan fingerprint density at radius 2 is 2.16 bits per heavy atom. The normalized spacial score (nSPS) is 18.4. The zero-order chi connectivity index (χ0) is 22.5. The number of halogens is 4. The van der Waals surface area contributed by atoms with E-state index in [1.807, 2.05) is 12.1 Å². The molecule has 7 nitrogen and oxygen atoms in total. The molecule has 1 amide bonds. The maximum Gasteiger partial charge on any atom is 0.410 e. The Kier molecular flexibility index (Phi) is 4.89. The molecule has 0 fully saturated rings. The molecule has 166 valence electrons. The summed E-state index contributed by atoms with van der Waals surface area (Å²) < 4.78 is 47.2. The number of aromatic amines is 1. The quantitative estimate of drug-likeness (QED) is 0.388. The molecule has 0 spiro atoms. The molecule has 4 aromatic rings. The number of benzene rings is 1. The van der Waals surface area contributed by atoms with Gasteiger partial charge in [-0.25, -0.2) is 4.68 Å². The van der Waals surface area contributed by atoms with Crippen molar-refractivity contribution in [3.05, 3.63) is 70.9 Å². The second-order valence-electron chi connectivity index (χ2n) is 7.57. The fourth-order valence-electron chi connectivity index (χ4n) is 3.93. The maximum absolute atomic E-state index is 13.7. The molecule has 0 bridgehead atoms. The third kappa shape index (κ3) is 3.70. The van der Waals surface area contributed by atoms with Crippen LogP contribution in [-0.4, -0.2) is 26.8 Å². The molecule has 0 aliphatic carbocycles. The van der Waals surface area contributed by atoms with Gasteiger partial charge in [0, 0.05) is 28.0 Å². The number of hydrogen-bond donors (Lipinski definition) is 3. The summed E-state index contributed by atoms with van der Waals surface area (Å²) in [4.78, 5) is 16.0. The maximum atomic E-state index is 13.7. The summed E-state index contributed by atoms with van der Waals surface area (Å²) in [5.74, 6) is -0.188. The summed E-state index contributed by atoms with van der Waals surface area (Å²) in [6.45, 7) is 0.153. The van der Waals surface area contributed by atoms with Gasteiger partial charge in [0.25, 0.3) is 5.91 Å². The van der Waals surface area contributed by atoms with Crippen molar-refractivity contribution in [2.45, 2.75) is 31.2 Å². The summed E-state index contributed by atoms with van der Waals surface area (Å²) in [5.41, 5.74) is 1.61. The molecule has 0 saturated heterocycles. The molecule has 3 N–H and O–H groups in total. The SMILES string of the molecule is O=C(NCc1cc2cc(Cl)ccc2[nH]1)c1cnn2c1N[C@H](c1ccco1)C[C@H]2C(F)(F)F. The highest BCUT2D eigenvalue weighted by atomic mass is 35.5. The summed E-state index contributed by atoms with van der Waals surface area (Å²) in [7, 11) is 0. The molecule has 5 rings (SSSR count). The third-order valence-electron chi connectivity index (χ3n) is 5.45. The molecule has 0 radical (unpaired) electrons. The van der Waals surface area contributed by atoms with Crippen LogP contribution in [0.1, 0.15) is 40.3 Å². The van der Waals surface area contributed by atoms with E-state index in [1.165, 1.54) is 6.26 Å². The minimum absolute atomic E-state index is 0.000837. The van der Waals surface area contributed by atoms with Gasteiger partial charge in [0.15, 0.2) is 6.04 Å². The van der Waals surface area contributed by atoms with Crippen LogP contribution in [0.4, 0.5) is 19.0 Å². The summed E-state index contributed by atoms with van der Waals surface area (Å²) >= 11 is 6.00. The number of nitrogens with one attached hydrogen (secondary N) is 3. The van der Waals surface area contributed by atoms with Gasteiger partial charge in [0.1, 0.15) is 17.1 Å². The van der Waals surface area contributed by atoms with E-state index in [0.717, 1.165) is 27.5 Å². The average Bonchev–Trinajstić information content (AvgIpc) is 3.48. The number of carbonyl (C=O) groups is 1. The van der Waals surface area contributed by atoms with Gasteiger partial charge in [0.05, 0.1) is 25.0 Å². The van der Waals surface area contributed by atoms with Gasteiger partial charge in [-0.05, 0) is 36.4 Å². The number of furan rings is 1. The van der Waals surface area contributed by atoms with Crippen molar-refractivity contribution in [3.8, 4) is 0 Å². The van der Waals surface area contributed by atoms with Gasteiger partial charge >= 0.3 is 6.18 Å². The van der Waals surface area contributed by atoms with Crippen LogP contribution in [0.25, 0.3) is 10.9 Å². The first kappa shape index (κ1) is 20.5. The number of alkyl halides is 3. The summed E-state index contributed by atoms with van der Waals surface area (Å²) in [6.07, 6.45) is -2.30. The number of carbonyl (C=O) groups excluding carboxylic acids is 1. The fourth-order valence-corrected chi connectivity index (χ4v) is 4.11. The van der Waals surface area contributed by atoms with Crippen molar-refractivity contribution in [2.75, 3.05) is 5.32 Å². The molecule has 32 heavy (non-hydrogen) atoms. The molecule has 3 aromatic heterocycles. The minimum atomic E-state index is -4.53. The zero-order valence-corrected chi connectivity index (χ0v) is 17.2. The molecule has 4 heterocycles. The first-order valence-electron chi connectivity index (χ1n) is 9.79. The second-order valence-corrected chi connectivity index (χ2v) is 8.00. The fraction of sp³-hybridized carbons (Fsp3) is 0.238. The number of aromatic nitrogens is 3. The van der Waals surface area contributed by atoms with Crippen LogP contribution in [0.2, 0.25) is 5.02 Å². The van der Waals surface area contributed by atoms with E-state index in [4.69, 9.17) is 16.0 Å². The highest BCUT2D eigenvalue weighted by Gasteiger charge is 2.47. The van der Waals surface area contributed by atoms with Crippen molar-refractivity contribution < 1.29 is 22.4 Å². The number of anilines is 1. The van der Waals surface area contributed by atoms with Crippen LogP contribution in [-0.2, 0) is 6.54 Å². The molecule has 1 aliphatic rings. The number of rotatable bonds is 4. The summed E-state index contributed by atoms with van der Waals surface area (Å²) in [5, 5.41) is 11.1. The number of nitrogens with zero attached hydrogens (tertiary/aromatic N) is 2. The molecule has 0 saturated carbocycles. The van der Waals surface area contributed by atoms with Gasteiger partial charge in [-0.2, -0.15) is 18.3 Å². The van der Waals surface area contributed by atoms with Crippen molar-refractivity contribution in [2.24, 2.45) is 0 Å². The van der Waals surface area contributed by atoms with Crippen LogP contribution < -0.4 is 10.6 Å². The molecule has 2 atom stereocenters. The lowest BCUT2D eigenvalue weighted by Crippen LogP contribution is -2.36. The average molecular weight is 464 g/mol. The summed E-state index contributed by atoms with van der Waals surface area (Å²) in [6, 6.07) is 7.79. The molecular weight excluding hydrogens is 447 g/mol. The Bertz CT molecular complexity index is 1280. The van der Waals surface area contributed by atoms with Crippen molar-refractivity contribution in [1.29, 1.82) is 0 Å². The highest BCUT2D eigenvalue weighted by Crippen LogP contribution is 2.44. The van der Waals surface area contributed by atoms with Gasteiger partial charge < -0.3 is 20.0 Å². The Morgan fingerprint density at radius 3 is 2.91 bits per heavy atom. The minimum Gasteiger partial charge on any atom is -0.467 e.